The Kier molecular flexibility index (Phi) is 8.05. The van der Waals surface area contributed by atoms with Crippen LogP contribution >= 0.6 is 0 Å². The van der Waals surface area contributed by atoms with Crippen molar-refractivity contribution in [3.8, 4) is 11.6 Å². The van der Waals surface area contributed by atoms with Crippen molar-refractivity contribution in [3.63, 3.8) is 0 Å². The first-order valence-corrected chi connectivity index (χ1v) is 10.1. The number of esters is 2. The van der Waals surface area contributed by atoms with Crippen LogP contribution in [0.5, 0.6) is 11.6 Å². The lowest BCUT2D eigenvalue weighted by atomic mass is 10.3. The SMILES string of the molecule is CCOC(=O)CCN(Cc1ccco1)c1ncnc(Oc2cncc(C(=O)OC)c2)c1[N+](=O)[O-]. The van der Waals surface area contributed by atoms with Crippen LogP contribution in [0.1, 0.15) is 29.5 Å². The summed E-state index contributed by atoms with van der Waals surface area (Å²) in [4.78, 5) is 48.3. The second-order valence-electron chi connectivity index (χ2n) is 6.67. The van der Waals surface area contributed by atoms with Crippen LogP contribution in [-0.4, -0.2) is 52.1 Å². The summed E-state index contributed by atoms with van der Waals surface area (Å²) >= 11 is 0. The number of hydrogen-bond donors (Lipinski definition) is 0. The van der Waals surface area contributed by atoms with Gasteiger partial charge in [0, 0.05) is 12.7 Å². The van der Waals surface area contributed by atoms with E-state index in [4.69, 9.17) is 13.9 Å². The predicted octanol–water partition coefficient (Wildman–Crippen LogP) is 2.91. The van der Waals surface area contributed by atoms with Crippen molar-refractivity contribution in [2.45, 2.75) is 19.9 Å². The number of aromatic nitrogens is 3. The molecular formula is C21H21N5O8. The van der Waals surface area contributed by atoms with E-state index in [9.17, 15) is 19.7 Å². The number of pyridine rings is 1. The van der Waals surface area contributed by atoms with Crippen molar-refractivity contribution < 1.29 is 33.1 Å². The van der Waals surface area contributed by atoms with Gasteiger partial charge in [0.25, 0.3) is 0 Å². The number of carbonyl (C=O) groups excluding carboxylic acids is 2. The topological polar surface area (TPSA) is 160 Å². The molecule has 0 saturated heterocycles. The third-order valence-corrected chi connectivity index (χ3v) is 4.42. The molecule has 0 fully saturated rings. The van der Waals surface area contributed by atoms with Gasteiger partial charge in [0.05, 0.1) is 49.6 Å². The van der Waals surface area contributed by atoms with Crippen molar-refractivity contribution in [2.24, 2.45) is 0 Å². The summed E-state index contributed by atoms with van der Waals surface area (Å²) in [5.74, 6) is -1.06. The molecule has 13 heteroatoms. The zero-order chi connectivity index (χ0) is 24.5. The Hall–Kier alpha value is -4.55. The minimum atomic E-state index is -0.693. The fourth-order valence-corrected chi connectivity index (χ4v) is 2.95. The molecule has 0 aliphatic carbocycles. The van der Waals surface area contributed by atoms with E-state index in [-0.39, 0.29) is 49.1 Å². The molecule has 0 spiro atoms. The lowest BCUT2D eigenvalue weighted by Gasteiger charge is -2.22. The highest BCUT2D eigenvalue weighted by Gasteiger charge is 2.30. The summed E-state index contributed by atoms with van der Waals surface area (Å²) in [5.41, 5.74) is -0.452. The number of ether oxygens (including phenoxy) is 3. The van der Waals surface area contributed by atoms with Gasteiger partial charge in [-0.1, -0.05) is 0 Å². The Balaban J connectivity index is 1.96. The van der Waals surface area contributed by atoms with Gasteiger partial charge in [0.15, 0.2) is 0 Å². The number of hydrogen-bond acceptors (Lipinski definition) is 12. The molecule has 3 heterocycles. The average Bonchev–Trinajstić information content (AvgIpc) is 3.34. The van der Waals surface area contributed by atoms with Gasteiger partial charge >= 0.3 is 23.5 Å². The second kappa shape index (κ2) is 11.4. The third-order valence-electron chi connectivity index (χ3n) is 4.42. The van der Waals surface area contributed by atoms with E-state index in [2.05, 4.69) is 19.7 Å². The minimum Gasteiger partial charge on any atom is -0.467 e. The Bertz CT molecular complexity index is 1150. The molecule has 0 aliphatic rings. The fraction of sp³-hybridized carbons (Fsp3) is 0.286. The maximum Gasteiger partial charge on any atom is 0.373 e. The maximum atomic E-state index is 12.0. The molecule has 0 saturated carbocycles. The van der Waals surface area contributed by atoms with Crippen molar-refractivity contribution in [2.75, 3.05) is 25.2 Å². The van der Waals surface area contributed by atoms with Crippen LogP contribution in [0.2, 0.25) is 0 Å². The predicted molar refractivity (Wildman–Crippen MR) is 115 cm³/mol. The minimum absolute atomic E-state index is 0.0276. The fourth-order valence-electron chi connectivity index (χ4n) is 2.95. The normalized spacial score (nSPS) is 10.4. The van der Waals surface area contributed by atoms with Gasteiger partial charge in [-0.25, -0.2) is 9.78 Å². The summed E-state index contributed by atoms with van der Waals surface area (Å²) < 4.78 is 20.6. The molecule has 0 radical (unpaired) electrons. The molecule has 0 aliphatic heterocycles. The van der Waals surface area contributed by atoms with E-state index in [0.29, 0.717) is 5.76 Å². The maximum absolute atomic E-state index is 12.0. The molecule has 3 aromatic heterocycles. The van der Waals surface area contributed by atoms with Gasteiger partial charge < -0.3 is 23.5 Å². The Morgan fingerprint density at radius 3 is 2.76 bits per heavy atom. The van der Waals surface area contributed by atoms with E-state index in [1.165, 1.54) is 36.7 Å². The molecule has 0 unspecified atom stereocenters. The van der Waals surface area contributed by atoms with Gasteiger partial charge in [0.2, 0.25) is 5.82 Å². The molecule has 178 valence electrons. The third kappa shape index (κ3) is 6.03. The van der Waals surface area contributed by atoms with Crippen LogP contribution in [0.3, 0.4) is 0 Å². The first-order chi connectivity index (χ1) is 16.4. The Morgan fingerprint density at radius 2 is 2.09 bits per heavy atom. The zero-order valence-electron chi connectivity index (χ0n) is 18.4. The summed E-state index contributed by atoms with van der Waals surface area (Å²) in [6, 6.07) is 4.67. The van der Waals surface area contributed by atoms with Crippen molar-refractivity contribution in [1.82, 2.24) is 15.0 Å². The number of anilines is 1. The van der Waals surface area contributed by atoms with Gasteiger partial charge in [-0.15, -0.1) is 0 Å². The average molecular weight is 471 g/mol. The summed E-state index contributed by atoms with van der Waals surface area (Å²) in [7, 11) is 1.21. The highest BCUT2D eigenvalue weighted by atomic mass is 16.6. The number of nitrogens with zero attached hydrogens (tertiary/aromatic N) is 5. The van der Waals surface area contributed by atoms with Crippen LogP contribution in [0.25, 0.3) is 0 Å². The molecular weight excluding hydrogens is 450 g/mol. The highest BCUT2D eigenvalue weighted by molar-refractivity contribution is 5.89. The van der Waals surface area contributed by atoms with E-state index in [1.807, 2.05) is 0 Å². The highest BCUT2D eigenvalue weighted by Crippen LogP contribution is 2.36. The molecule has 0 amide bonds. The van der Waals surface area contributed by atoms with Gasteiger partial charge in [-0.2, -0.15) is 4.98 Å². The number of furan rings is 1. The summed E-state index contributed by atoms with van der Waals surface area (Å²) in [6.45, 7) is 2.03. The van der Waals surface area contributed by atoms with Crippen LogP contribution in [0, 0.1) is 10.1 Å². The number of rotatable bonds is 11. The van der Waals surface area contributed by atoms with E-state index >= 15 is 0 Å². The Labute approximate surface area is 193 Å². The number of nitro groups is 1. The molecule has 34 heavy (non-hydrogen) atoms. The van der Waals surface area contributed by atoms with Gasteiger partial charge in [-0.3, -0.25) is 19.9 Å². The molecule has 0 bridgehead atoms. The lowest BCUT2D eigenvalue weighted by molar-refractivity contribution is -0.385. The first kappa shape index (κ1) is 24.1. The first-order valence-electron chi connectivity index (χ1n) is 10.1. The lowest BCUT2D eigenvalue weighted by Crippen LogP contribution is -2.28. The van der Waals surface area contributed by atoms with Crippen molar-refractivity contribution in [3.05, 3.63) is 64.6 Å². The molecule has 0 atom stereocenters. The molecule has 0 N–H and O–H groups in total. The van der Waals surface area contributed by atoms with Gasteiger partial charge in [0.1, 0.15) is 17.8 Å². The monoisotopic (exact) mass is 471 g/mol. The van der Waals surface area contributed by atoms with Crippen molar-refractivity contribution in [1.29, 1.82) is 0 Å². The zero-order valence-corrected chi connectivity index (χ0v) is 18.4. The largest absolute Gasteiger partial charge is 0.467 e. The van der Waals surface area contributed by atoms with Gasteiger partial charge in [-0.05, 0) is 25.1 Å². The quantitative estimate of drug-likeness (QED) is 0.229. The van der Waals surface area contributed by atoms with Crippen LogP contribution < -0.4 is 9.64 Å². The smallest absolute Gasteiger partial charge is 0.373 e. The number of methoxy groups -OCH3 is 1. The Morgan fingerprint density at radius 1 is 1.26 bits per heavy atom. The summed E-state index contributed by atoms with van der Waals surface area (Å²) in [5, 5.41) is 12.0. The molecule has 0 aromatic carbocycles. The van der Waals surface area contributed by atoms with Crippen LogP contribution in [-0.2, 0) is 20.8 Å². The molecule has 3 aromatic rings. The standard InChI is InChI=1S/C21H21N5O8/c1-3-32-17(27)6-7-25(12-15-5-4-8-33-15)19-18(26(29)30)20(24-13-23-19)34-16-9-14(10-22-11-16)21(28)31-2/h4-5,8-11,13H,3,6-7,12H2,1-2H3. The van der Waals surface area contributed by atoms with Crippen LogP contribution in [0.15, 0.2) is 47.6 Å². The van der Waals surface area contributed by atoms with Crippen LogP contribution in [0.4, 0.5) is 11.5 Å². The van der Waals surface area contributed by atoms with E-state index in [1.54, 1.807) is 19.1 Å². The van der Waals surface area contributed by atoms with E-state index < -0.39 is 22.5 Å². The summed E-state index contributed by atoms with van der Waals surface area (Å²) in [6.07, 6.45) is 5.03. The van der Waals surface area contributed by atoms with E-state index in [0.717, 1.165) is 6.33 Å². The number of carbonyl (C=O) groups is 2. The molecule has 13 nitrogen and oxygen atoms in total. The van der Waals surface area contributed by atoms with Crippen molar-refractivity contribution >= 4 is 23.4 Å². The molecule has 3 rings (SSSR count). The second-order valence-corrected chi connectivity index (χ2v) is 6.67.